The molecule has 0 spiro atoms. The van der Waals surface area contributed by atoms with Crippen molar-refractivity contribution < 1.29 is 27.2 Å². The molecule has 0 fully saturated rings. The summed E-state index contributed by atoms with van der Waals surface area (Å²) in [5.41, 5.74) is -1.36. The molecule has 0 radical (unpaired) electrons. The standard InChI is InChI=1S/C23H13ClF4N2O2/c24-15-10-8-13(9-11-15)19-20(29-16-5-3-4-14(12-16)23(26,27)28)22(32)30(21(19)31)18-7-2-1-6-17(18)25/h1-12,29H. The highest BCUT2D eigenvalue weighted by atomic mass is 35.5. The number of rotatable bonds is 4. The minimum absolute atomic E-state index is 0.0576. The zero-order valence-corrected chi connectivity index (χ0v) is 16.8. The van der Waals surface area contributed by atoms with Gasteiger partial charge in [-0.2, -0.15) is 13.2 Å². The molecular weight excluding hydrogens is 448 g/mol. The number of imide groups is 1. The van der Waals surface area contributed by atoms with Gasteiger partial charge in [-0.1, -0.05) is 41.9 Å². The largest absolute Gasteiger partial charge is 0.416 e. The molecule has 0 aromatic heterocycles. The van der Waals surface area contributed by atoms with Gasteiger partial charge in [-0.05, 0) is 48.0 Å². The first-order valence-corrected chi connectivity index (χ1v) is 9.62. The van der Waals surface area contributed by atoms with Gasteiger partial charge in [-0.25, -0.2) is 9.29 Å². The minimum atomic E-state index is -4.60. The molecule has 0 unspecified atom stereocenters. The van der Waals surface area contributed by atoms with Crippen molar-refractivity contribution in [2.24, 2.45) is 0 Å². The number of anilines is 2. The normalized spacial score (nSPS) is 14.3. The monoisotopic (exact) mass is 460 g/mol. The van der Waals surface area contributed by atoms with Crippen molar-refractivity contribution in [3.05, 3.63) is 100 Å². The molecule has 4 rings (SSSR count). The van der Waals surface area contributed by atoms with Crippen LogP contribution in [0.3, 0.4) is 0 Å². The predicted molar refractivity (Wildman–Crippen MR) is 112 cm³/mol. The van der Waals surface area contributed by atoms with Crippen molar-refractivity contribution in [3.8, 4) is 0 Å². The smallest absolute Gasteiger partial charge is 0.350 e. The maximum Gasteiger partial charge on any atom is 0.416 e. The first kappa shape index (κ1) is 21.6. The molecule has 162 valence electrons. The van der Waals surface area contributed by atoms with Gasteiger partial charge in [0.25, 0.3) is 11.8 Å². The number of amides is 2. The summed E-state index contributed by atoms with van der Waals surface area (Å²) in [5.74, 6) is -2.52. The van der Waals surface area contributed by atoms with Gasteiger partial charge in [0.15, 0.2) is 0 Å². The second kappa shape index (κ2) is 8.12. The lowest BCUT2D eigenvalue weighted by atomic mass is 10.0. The summed E-state index contributed by atoms with van der Waals surface area (Å²) in [5, 5.41) is 3.01. The van der Waals surface area contributed by atoms with Crippen LogP contribution in [0, 0.1) is 5.82 Å². The van der Waals surface area contributed by atoms with E-state index in [2.05, 4.69) is 5.32 Å². The van der Waals surface area contributed by atoms with E-state index in [1.807, 2.05) is 0 Å². The van der Waals surface area contributed by atoms with E-state index in [9.17, 15) is 27.2 Å². The van der Waals surface area contributed by atoms with E-state index in [1.165, 1.54) is 54.6 Å². The molecule has 0 saturated heterocycles. The molecule has 1 heterocycles. The summed E-state index contributed by atoms with van der Waals surface area (Å²) in [6.45, 7) is 0. The van der Waals surface area contributed by atoms with E-state index < -0.39 is 29.4 Å². The van der Waals surface area contributed by atoms with Crippen LogP contribution < -0.4 is 10.2 Å². The van der Waals surface area contributed by atoms with Crippen molar-refractivity contribution >= 4 is 40.4 Å². The molecular formula is C23H13ClF4N2O2. The zero-order valence-electron chi connectivity index (χ0n) is 16.1. The van der Waals surface area contributed by atoms with E-state index >= 15 is 0 Å². The Morgan fingerprint density at radius 2 is 1.53 bits per heavy atom. The molecule has 1 aliphatic rings. The molecule has 0 saturated carbocycles. The van der Waals surface area contributed by atoms with Gasteiger partial charge in [0, 0.05) is 10.7 Å². The molecule has 1 aliphatic heterocycles. The average Bonchev–Trinajstić information content (AvgIpc) is 2.98. The van der Waals surface area contributed by atoms with Crippen molar-refractivity contribution in [1.29, 1.82) is 0 Å². The summed E-state index contributed by atoms with van der Waals surface area (Å²) < 4.78 is 53.7. The topological polar surface area (TPSA) is 49.4 Å². The highest BCUT2D eigenvalue weighted by molar-refractivity contribution is 6.46. The highest BCUT2D eigenvalue weighted by Gasteiger charge is 2.41. The second-order valence-electron chi connectivity index (χ2n) is 6.86. The van der Waals surface area contributed by atoms with Gasteiger partial charge in [0.1, 0.15) is 11.5 Å². The predicted octanol–water partition coefficient (Wildman–Crippen LogP) is 5.89. The van der Waals surface area contributed by atoms with E-state index in [0.717, 1.165) is 18.2 Å². The zero-order chi connectivity index (χ0) is 23.0. The Morgan fingerprint density at radius 1 is 0.844 bits per heavy atom. The Balaban J connectivity index is 1.83. The molecule has 3 aromatic rings. The van der Waals surface area contributed by atoms with Crippen LogP contribution in [0.1, 0.15) is 11.1 Å². The van der Waals surface area contributed by atoms with Crippen LogP contribution in [0.2, 0.25) is 5.02 Å². The van der Waals surface area contributed by atoms with Crippen LogP contribution in [0.4, 0.5) is 28.9 Å². The number of carbonyl (C=O) groups excluding carboxylic acids is 2. The summed E-state index contributed by atoms with van der Waals surface area (Å²) in [6.07, 6.45) is -4.60. The summed E-state index contributed by atoms with van der Waals surface area (Å²) >= 11 is 5.90. The first-order chi connectivity index (χ1) is 15.2. The number of hydrogen-bond acceptors (Lipinski definition) is 3. The maximum absolute atomic E-state index is 14.4. The third kappa shape index (κ3) is 3.97. The second-order valence-corrected chi connectivity index (χ2v) is 7.29. The van der Waals surface area contributed by atoms with Gasteiger partial charge in [-0.15, -0.1) is 0 Å². The number of alkyl halides is 3. The Kier molecular flexibility index (Phi) is 5.48. The Morgan fingerprint density at radius 3 is 2.19 bits per heavy atom. The molecule has 0 bridgehead atoms. The lowest BCUT2D eigenvalue weighted by Crippen LogP contribution is -2.33. The lowest BCUT2D eigenvalue weighted by Gasteiger charge is -2.16. The SMILES string of the molecule is O=C1C(Nc2cccc(C(F)(F)F)c2)=C(c2ccc(Cl)cc2)C(=O)N1c1ccccc1F. The number of nitrogens with one attached hydrogen (secondary N) is 1. The van der Waals surface area contributed by atoms with Crippen LogP contribution in [0.5, 0.6) is 0 Å². The van der Waals surface area contributed by atoms with E-state index in [1.54, 1.807) is 0 Å². The summed E-state index contributed by atoms with van der Waals surface area (Å²) in [4.78, 5) is 27.0. The molecule has 32 heavy (non-hydrogen) atoms. The third-order valence-electron chi connectivity index (χ3n) is 4.77. The summed E-state index contributed by atoms with van der Waals surface area (Å²) in [6, 6.07) is 15.4. The minimum Gasteiger partial charge on any atom is -0.350 e. The van der Waals surface area contributed by atoms with E-state index in [4.69, 9.17) is 11.6 Å². The molecule has 1 N–H and O–H groups in total. The Labute approximate surface area is 184 Å². The molecule has 0 aliphatic carbocycles. The number of nitrogens with zero attached hydrogens (tertiary/aromatic N) is 1. The van der Waals surface area contributed by atoms with Crippen molar-refractivity contribution in [3.63, 3.8) is 0 Å². The Hall–Kier alpha value is -3.65. The highest BCUT2D eigenvalue weighted by Crippen LogP contribution is 2.36. The third-order valence-corrected chi connectivity index (χ3v) is 5.02. The maximum atomic E-state index is 14.4. The van der Waals surface area contributed by atoms with Crippen LogP contribution >= 0.6 is 11.6 Å². The quantitative estimate of drug-likeness (QED) is 0.390. The fourth-order valence-electron chi connectivity index (χ4n) is 3.30. The number of para-hydroxylation sites is 1. The number of halogens is 5. The van der Waals surface area contributed by atoms with Crippen molar-refractivity contribution in [1.82, 2.24) is 0 Å². The summed E-state index contributed by atoms with van der Waals surface area (Å²) in [7, 11) is 0. The van der Waals surface area contributed by atoms with Crippen LogP contribution in [0.25, 0.3) is 5.57 Å². The van der Waals surface area contributed by atoms with Gasteiger partial charge >= 0.3 is 6.18 Å². The van der Waals surface area contributed by atoms with Crippen LogP contribution in [-0.2, 0) is 15.8 Å². The van der Waals surface area contributed by atoms with E-state index in [-0.39, 0.29) is 22.6 Å². The van der Waals surface area contributed by atoms with Gasteiger partial charge in [-0.3, -0.25) is 9.59 Å². The average molecular weight is 461 g/mol. The number of benzene rings is 3. The Bertz CT molecular complexity index is 1250. The van der Waals surface area contributed by atoms with E-state index in [0.29, 0.717) is 15.5 Å². The van der Waals surface area contributed by atoms with Gasteiger partial charge in [0.05, 0.1) is 16.8 Å². The fourth-order valence-corrected chi connectivity index (χ4v) is 3.43. The van der Waals surface area contributed by atoms with Crippen LogP contribution in [-0.4, -0.2) is 11.8 Å². The molecule has 4 nitrogen and oxygen atoms in total. The number of carbonyl (C=O) groups is 2. The van der Waals surface area contributed by atoms with Gasteiger partial charge < -0.3 is 5.32 Å². The lowest BCUT2D eigenvalue weighted by molar-refractivity contribution is -0.137. The fraction of sp³-hybridized carbons (Fsp3) is 0.0435. The number of hydrogen-bond donors (Lipinski definition) is 1. The molecule has 3 aromatic carbocycles. The van der Waals surface area contributed by atoms with Crippen LogP contribution in [0.15, 0.2) is 78.5 Å². The molecule has 9 heteroatoms. The van der Waals surface area contributed by atoms with Gasteiger partial charge in [0.2, 0.25) is 0 Å². The van der Waals surface area contributed by atoms with Crippen molar-refractivity contribution in [2.75, 3.05) is 10.2 Å². The van der Waals surface area contributed by atoms with Crippen molar-refractivity contribution in [2.45, 2.75) is 6.18 Å². The molecule has 2 amide bonds. The first-order valence-electron chi connectivity index (χ1n) is 9.24. The molecule has 0 atom stereocenters.